The molecule has 0 unspecified atom stereocenters. The van der Waals surface area contributed by atoms with Gasteiger partial charge in [-0.05, 0) is 49.2 Å². The van der Waals surface area contributed by atoms with Gasteiger partial charge in [-0.25, -0.2) is 0 Å². The van der Waals surface area contributed by atoms with Crippen molar-refractivity contribution in [1.82, 2.24) is 9.80 Å². The summed E-state index contributed by atoms with van der Waals surface area (Å²) in [5.41, 5.74) is 0.343. The molecule has 0 bridgehead atoms. The summed E-state index contributed by atoms with van der Waals surface area (Å²) >= 11 is 0.759. The van der Waals surface area contributed by atoms with E-state index in [0.29, 0.717) is 18.7 Å². The first-order chi connectivity index (χ1) is 13.5. The van der Waals surface area contributed by atoms with E-state index >= 15 is 0 Å². The van der Waals surface area contributed by atoms with Crippen LogP contribution in [-0.2, 0) is 9.59 Å². The van der Waals surface area contributed by atoms with Crippen molar-refractivity contribution in [3.63, 3.8) is 0 Å². The van der Waals surface area contributed by atoms with E-state index in [0.717, 1.165) is 35.9 Å². The highest BCUT2D eigenvalue weighted by atomic mass is 32.2. The van der Waals surface area contributed by atoms with Gasteiger partial charge in [0.05, 0.1) is 15.4 Å². The Morgan fingerprint density at radius 1 is 1.18 bits per heavy atom. The molecule has 28 heavy (non-hydrogen) atoms. The van der Waals surface area contributed by atoms with Crippen LogP contribution in [-0.4, -0.2) is 51.4 Å². The van der Waals surface area contributed by atoms with Gasteiger partial charge in [0, 0.05) is 19.2 Å². The second kappa shape index (κ2) is 8.83. The predicted octanol–water partition coefficient (Wildman–Crippen LogP) is 3.20. The molecule has 1 aromatic carbocycles. The van der Waals surface area contributed by atoms with Crippen molar-refractivity contribution in [2.75, 3.05) is 19.6 Å². The molecule has 3 rings (SSSR count). The van der Waals surface area contributed by atoms with Crippen LogP contribution in [0.2, 0.25) is 0 Å². The number of rotatable bonds is 5. The Bertz CT molecular complexity index is 874. The first-order valence-electron chi connectivity index (χ1n) is 8.90. The molecule has 0 atom stereocenters. The zero-order valence-electron chi connectivity index (χ0n) is 15.1. The maximum absolute atomic E-state index is 12.5. The number of allylic oxidation sites excluding steroid dienone is 2. The van der Waals surface area contributed by atoms with Gasteiger partial charge in [0.15, 0.2) is 0 Å². The predicted molar refractivity (Wildman–Crippen MR) is 105 cm³/mol. The van der Waals surface area contributed by atoms with Crippen LogP contribution in [0, 0.1) is 10.1 Å². The highest BCUT2D eigenvalue weighted by Crippen LogP contribution is 2.31. The van der Waals surface area contributed by atoms with Crippen molar-refractivity contribution >= 4 is 40.6 Å². The zero-order valence-corrected chi connectivity index (χ0v) is 15.9. The normalized spacial score (nSPS) is 19.1. The van der Waals surface area contributed by atoms with Crippen LogP contribution < -0.4 is 0 Å². The number of hydrogen-bond acceptors (Lipinski definition) is 6. The molecular formula is C19H19N3O5S. The highest BCUT2D eigenvalue weighted by molar-refractivity contribution is 8.18. The van der Waals surface area contributed by atoms with E-state index in [1.807, 2.05) is 0 Å². The fraction of sp³-hybridized carbons (Fsp3) is 0.316. The zero-order chi connectivity index (χ0) is 20.1. The number of imide groups is 1. The molecule has 146 valence electrons. The lowest BCUT2D eigenvalue weighted by Crippen LogP contribution is -2.44. The first-order valence-corrected chi connectivity index (χ1v) is 9.72. The number of para-hydroxylation sites is 1. The van der Waals surface area contributed by atoms with E-state index in [-0.39, 0.29) is 23.0 Å². The molecule has 3 amide bonds. The van der Waals surface area contributed by atoms with E-state index in [2.05, 4.69) is 0 Å². The summed E-state index contributed by atoms with van der Waals surface area (Å²) in [6.07, 6.45) is 7.39. The minimum absolute atomic E-state index is 0.0487. The number of nitro benzene ring substituents is 1. The third kappa shape index (κ3) is 4.48. The van der Waals surface area contributed by atoms with Crippen LogP contribution in [0.5, 0.6) is 0 Å². The topological polar surface area (TPSA) is 101 Å². The molecule has 0 saturated carbocycles. The highest BCUT2D eigenvalue weighted by Gasteiger charge is 2.36. The number of piperidine rings is 1. The molecule has 9 heteroatoms. The molecule has 2 aliphatic heterocycles. The van der Waals surface area contributed by atoms with Crippen molar-refractivity contribution in [1.29, 1.82) is 0 Å². The lowest BCUT2D eigenvalue weighted by atomic mass is 10.1. The molecule has 2 heterocycles. The van der Waals surface area contributed by atoms with Gasteiger partial charge in [-0.15, -0.1) is 0 Å². The number of thioether (sulfide) groups is 1. The van der Waals surface area contributed by atoms with Gasteiger partial charge in [0.25, 0.3) is 16.8 Å². The molecule has 2 aliphatic rings. The third-order valence-electron chi connectivity index (χ3n) is 4.53. The molecule has 2 saturated heterocycles. The number of carbonyl (C=O) groups is 3. The SMILES string of the molecule is O=C(CN1C(=O)S/C(=C\C=C\c2ccccc2[N+](=O)[O-])C1=O)N1CCCCC1. The van der Waals surface area contributed by atoms with E-state index in [1.165, 1.54) is 24.3 Å². The summed E-state index contributed by atoms with van der Waals surface area (Å²) in [7, 11) is 0. The number of hydrogen-bond donors (Lipinski definition) is 0. The van der Waals surface area contributed by atoms with Crippen molar-refractivity contribution in [3.05, 3.63) is 57.0 Å². The van der Waals surface area contributed by atoms with Crippen LogP contribution in [0.15, 0.2) is 41.3 Å². The summed E-state index contributed by atoms with van der Waals surface area (Å²) in [6.45, 7) is 1.06. The maximum Gasteiger partial charge on any atom is 0.294 e. The Kier molecular flexibility index (Phi) is 6.25. The Balaban J connectivity index is 1.67. The summed E-state index contributed by atoms with van der Waals surface area (Å²) < 4.78 is 0. The average Bonchev–Trinajstić information content (AvgIpc) is 2.96. The summed E-state index contributed by atoms with van der Waals surface area (Å²) in [5, 5.41) is 10.5. The Labute approximate surface area is 166 Å². The second-order valence-corrected chi connectivity index (χ2v) is 7.40. The van der Waals surface area contributed by atoms with Gasteiger partial charge in [-0.3, -0.25) is 29.4 Å². The average molecular weight is 401 g/mol. The van der Waals surface area contributed by atoms with Gasteiger partial charge >= 0.3 is 0 Å². The van der Waals surface area contributed by atoms with Gasteiger partial charge in [0.1, 0.15) is 6.54 Å². The largest absolute Gasteiger partial charge is 0.341 e. The lowest BCUT2D eigenvalue weighted by Gasteiger charge is -2.27. The number of nitro groups is 1. The van der Waals surface area contributed by atoms with E-state index in [4.69, 9.17) is 0 Å². The van der Waals surface area contributed by atoms with Crippen molar-refractivity contribution in [2.24, 2.45) is 0 Å². The molecule has 1 aromatic rings. The van der Waals surface area contributed by atoms with Gasteiger partial charge in [-0.2, -0.15) is 0 Å². The number of likely N-dealkylation sites (tertiary alicyclic amines) is 1. The second-order valence-electron chi connectivity index (χ2n) is 6.41. The summed E-state index contributed by atoms with van der Waals surface area (Å²) in [4.78, 5) is 50.3. The quantitative estimate of drug-likeness (QED) is 0.427. The number of amides is 3. The minimum Gasteiger partial charge on any atom is -0.341 e. The summed E-state index contributed by atoms with van der Waals surface area (Å²) in [6, 6.07) is 6.22. The maximum atomic E-state index is 12.5. The number of nitrogens with zero attached hydrogens (tertiary/aromatic N) is 3. The summed E-state index contributed by atoms with van der Waals surface area (Å²) in [5.74, 6) is -0.744. The van der Waals surface area contributed by atoms with Crippen LogP contribution in [0.3, 0.4) is 0 Å². The van der Waals surface area contributed by atoms with Crippen molar-refractivity contribution < 1.29 is 19.3 Å². The first kappa shape index (κ1) is 19.8. The Hall–Kier alpha value is -2.94. The Morgan fingerprint density at radius 3 is 2.61 bits per heavy atom. The van der Waals surface area contributed by atoms with Crippen LogP contribution in [0.4, 0.5) is 10.5 Å². The number of carbonyl (C=O) groups excluding carboxylic acids is 3. The number of benzene rings is 1. The van der Waals surface area contributed by atoms with Crippen molar-refractivity contribution in [3.8, 4) is 0 Å². The Morgan fingerprint density at radius 2 is 1.89 bits per heavy atom. The fourth-order valence-corrected chi connectivity index (χ4v) is 3.85. The van der Waals surface area contributed by atoms with Crippen molar-refractivity contribution in [2.45, 2.75) is 19.3 Å². The van der Waals surface area contributed by atoms with E-state index in [1.54, 1.807) is 23.1 Å². The van der Waals surface area contributed by atoms with E-state index in [9.17, 15) is 24.5 Å². The van der Waals surface area contributed by atoms with Crippen LogP contribution >= 0.6 is 11.8 Å². The molecule has 2 fully saturated rings. The lowest BCUT2D eigenvalue weighted by molar-refractivity contribution is -0.385. The smallest absolute Gasteiger partial charge is 0.294 e. The minimum atomic E-state index is -0.521. The van der Waals surface area contributed by atoms with Crippen LogP contribution in [0.1, 0.15) is 24.8 Å². The van der Waals surface area contributed by atoms with Gasteiger partial charge < -0.3 is 4.90 Å². The van der Waals surface area contributed by atoms with Crippen LogP contribution in [0.25, 0.3) is 6.08 Å². The third-order valence-corrected chi connectivity index (χ3v) is 5.46. The molecule has 0 radical (unpaired) electrons. The molecule has 0 aliphatic carbocycles. The molecule has 0 aromatic heterocycles. The van der Waals surface area contributed by atoms with E-state index < -0.39 is 16.1 Å². The van der Waals surface area contributed by atoms with Gasteiger partial charge in [-0.1, -0.05) is 18.2 Å². The molecule has 0 N–H and O–H groups in total. The fourth-order valence-electron chi connectivity index (χ4n) is 3.06. The molecule has 8 nitrogen and oxygen atoms in total. The molecular weight excluding hydrogens is 382 g/mol. The molecule has 0 spiro atoms. The monoisotopic (exact) mass is 401 g/mol. The standard InChI is InChI=1S/C19H19N3O5S/c23-17(20-11-4-1-5-12-20)13-21-18(24)16(28-19(21)25)10-6-8-14-7-2-3-9-15(14)22(26)27/h2-3,6-10H,1,4-5,11-13H2/b8-6+,16-10-. The van der Waals surface area contributed by atoms with Gasteiger partial charge in [0.2, 0.25) is 5.91 Å².